The van der Waals surface area contributed by atoms with Crippen molar-refractivity contribution in [2.24, 2.45) is 0 Å². The number of nitrogens with zero attached hydrogens (tertiary/aromatic N) is 1. The SMILES string of the molecule is CCCC(OC)c1nc(C(=O)OCC)c(C(C)=O)s1. The van der Waals surface area contributed by atoms with Crippen LogP contribution in [-0.2, 0) is 9.47 Å². The van der Waals surface area contributed by atoms with Crippen molar-refractivity contribution in [2.75, 3.05) is 13.7 Å². The third-order valence-corrected chi connectivity index (χ3v) is 3.79. The zero-order valence-corrected chi connectivity index (χ0v) is 12.5. The van der Waals surface area contributed by atoms with E-state index in [1.807, 2.05) is 6.92 Å². The number of Topliss-reactive ketones (excluding diaryl/α,β-unsaturated/α-hetero) is 1. The summed E-state index contributed by atoms with van der Waals surface area (Å²) in [5.41, 5.74) is 0.104. The highest BCUT2D eigenvalue weighted by Gasteiger charge is 2.25. The number of ether oxygens (including phenoxy) is 2. The highest BCUT2D eigenvalue weighted by atomic mass is 32.1. The lowest BCUT2D eigenvalue weighted by molar-refractivity contribution is 0.0515. The summed E-state index contributed by atoms with van der Waals surface area (Å²) in [7, 11) is 1.60. The third-order valence-electron chi connectivity index (χ3n) is 2.54. The Morgan fingerprint density at radius 3 is 2.53 bits per heavy atom. The van der Waals surface area contributed by atoms with Crippen LogP contribution in [0.5, 0.6) is 0 Å². The zero-order valence-electron chi connectivity index (χ0n) is 11.7. The molecule has 1 aromatic heterocycles. The summed E-state index contributed by atoms with van der Waals surface area (Å²) in [5, 5.41) is 0.651. The Hall–Kier alpha value is -1.27. The van der Waals surface area contributed by atoms with Crippen molar-refractivity contribution >= 4 is 23.1 Å². The van der Waals surface area contributed by atoms with Gasteiger partial charge in [-0.2, -0.15) is 0 Å². The number of aromatic nitrogens is 1. The van der Waals surface area contributed by atoms with E-state index in [0.29, 0.717) is 9.88 Å². The average Bonchev–Trinajstić information content (AvgIpc) is 2.81. The van der Waals surface area contributed by atoms with E-state index in [2.05, 4.69) is 4.98 Å². The summed E-state index contributed by atoms with van der Waals surface area (Å²) < 4.78 is 10.3. The Balaban J connectivity index is 3.13. The van der Waals surface area contributed by atoms with Gasteiger partial charge in [-0.25, -0.2) is 9.78 Å². The Morgan fingerprint density at radius 1 is 1.37 bits per heavy atom. The van der Waals surface area contributed by atoms with E-state index >= 15 is 0 Å². The normalized spacial score (nSPS) is 12.2. The quantitative estimate of drug-likeness (QED) is 0.569. The maximum absolute atomic E-state index is 11.8. The molecule has 6 heteroatoms. The minimum absolute atomic E-state index is 0.104. The second-order valence-corrected chi connectivity index (χ2v) is 5.05. The minimum atomic E-state index is -0.554. The highest BCUT2D eigenvalue weighted by molar-refractivity contribution is 7.14. The van der Waals surface area contributed by atoms with Crippen LogP contribution in [0.4, 0.5) is 0 Å². The molecule has 1 unspecified atom stereocenters. The zero-order chi connectivity index (χ0) is 14.4. The standard InChI is InChI=1S/C13H19NO4S/c1-5-7-9(17-4)12-14-10(13(16)18-6-2)11(19-12)8(3)15/h9H,5-7H2,1-4H3. The molecule has 1 heterocycles. The van der Waals surface area contributed by atoms with Gasteiger partial charge in [0.2, 0.25) is 0 Å². The fraction of sp³-hybridized carbons (Fsp3) is 0.615. The molecule has 0 aromatic carbocycles. The van der Waals surface area contributed by atoms with Crippen LogP contribution in [0, 0.1) is 0 Å². The minimum Gasteiger partial charge on any atom is -0.461 e. The van der Waals surface area contributed by atoms with Crippen molar-refractivity contribution in [3.8, 4) is 0 Å². The van der Waals surface area contributed by atoms with Crippen LogP contribution in [0.1, 0.15) is 64.9 Å². The molecule has 5 nitrogen and oxygen atoms in total. The number of methoxy groups -OCH3 is 1. The van der Waals surface area contributed by atoms with Gasteiger partial charge < -0.3 is 9.47 Å². The molecular formula is C13H19NO4S. The molecule has 0 aliphatic carbocycles. The third kappa shape index (κ3) is 3.84. The van der Waals surface area contributed by atoms with Gasteiger partial charge in [-0.1, -0.05) is 13.3 Å². The smallest absolute Gasteiger partial charge is 0.358 e. The fourth-order valence-corrected chi connectivity index (χ4v) is 2.72. The molecule has 0 radical (unpaired) electrons. The molecule has 1 rings (SSSR count). The Kier molecular flexibility index (Phi) is 6.11. The van der Waals surface area contributed by atoms with Crippen molar-refractivity contribution in [1.82, 2.24) is 4.98 Å². The summed E-state index contributed by atoms with van der Waals surface area (Å²) in [6, 6.07) is 0. The lowest BCUT2D eigenvalue weighted by Gasteiger charge is -2.10. The van der Waals surface area contributed by atoms with Crippen molar-refractivity contribution in [2.45, 2.75) is 39.7 Å². The second-order valence-electron chi connectivity index (χ2n) is 4.02. The van der Waals surface area contributed by atoms with E-state index in [0.717, 1.165) is 12.8 Å². The van der Waals surface area contributed by atoms with Crippen molar-refractivity contribution < 1.29 is 19.1 Å². The number of hydrogen-bond donors (Lipinski definition) is 0. The first kappa shape index (κ1) is 15.8. The van der Waals surface area contributed by atoms with Gasteiger partial charge in [0.25, 0.3) is 0 Å². The van der Waals surface area contributed by atoms with E-state index in [1.54, 1.807) is 14.0 Å². The maximum atomic E-state index is 11.8. The molecule has 0 spiro atoms. The van der Waals surface area contributed by atoms with Crippen LogP contribution in [0.15, 0.2) is 0 Å². The van der Waals surface area contributed by atoms with Gasteiger partial charge in [-0.3, -0.25) is 4.79 Å². The van der Waals surface area contributed by atoms with Crippen molar-refractivity contribution in [3.05, 3.63) is 15.6 Å². The molecule has 1 atom stereocenters. The maximum Gasteiger partial charge on any atom is 0.358 e. The van der Waals surface area contributed by atoms with E-state index in [9.17, 15) is 9.59 Å². The fourth-order valence-electron chi connectivity index (χ4n) is 1.66. The monoisotopic (exact) mass is 285 g/mol. The summed E-state index contributed by atoms with van der Waals surface area (Å²) >= 11 is 1.21. The lowest BCUT2D eigenvalue weighted by atomic mass is 10.2. The van der Waals surface area contributed by atoms with Crippen LogP contribution in [-0.4, -0.2) is 30.5 Å². The number of carbonyl (C=O) groups is 2. The van der Waals surface area contributed by atoms with Crippen molar-refractivity contribution in [3.63, 3.8) is 0 Å². The van der Waals surface area contributed by atoms with E-state index < -0.39 is 5.97 Å². The Bertz CT molecular complexity index is 455. The summed E-state index contributed by atoms with van der Waals surface area (Å²) in [6.07, 6.45) is 1.54. The summed E-state index contributed by atoms with van der Waals surface area (Å²) in [5.74, 6) is -0.736. The largest absolute Gasteiger partial charge is 0.461 e. The molecule has 1 aromatic rings. The molecular weight excluding hydrogens is 266 g/mol. The van der Waals surface area contributed by atoms with Crippen LogP contribution in [0.25, 0.3) is 0 Å². The average molecular weight is 285 g/mol. The van der Waals surface area contributed by atoms with Crippen molar-refractivity contribution in [1.29, 1.82) is 0 Å². The molecule has 0 aliphatic rings. The molecule has 0 saturated heterocycles. The Morgan fingerprint density at radius 2 is 2.05 bits per heavy atom. The van der Waals surface area contributed by atoms with Crippen LogP contribution >= 0.6 is 11.3 Å². The molecule has 0 bridgehead atoms. The van der Waals surface area contributed by atoms with Gasteiger partial charge in [0, 0.05) is 14.0 Å². The van der Waals surface area contributed by atoms with Crippen LogP contribution < -0.4 is 0 Å². The first-order valence-electron chi connectivity index (χ1n) is 6.26. The number of carbonyl (C=O) groups excluding carboxylic acids is 2. The summed E-state index contributed by atoms with van der Waals surface area (Å²) in [6.45, 7) is 5.43. The second kappa shape index (κ2) is 7.35. The molecule has 106 valence electrons. The van der Waals surface area contributed by atoms with E-state index in [1.165, 1.54) is 18.3 Å². The lowest BCUT2D eigenvalue weighted by Crippen LogP contribution is -2.10. The number of hydrogen-bond acceptors (Lipinski definition) is 6. The number of thiazole rings is 1. The first-order chi connectivity index (χ1) is 9.04. The first-order valence-corrected chi connectivity index (χ1v) is 7.08. The van der Waals surface area contributed by atoms with Gasteiger partial charge in [-0.05, 0) is 13.3 Å². The number of esters is 1. The topological polar surface area (TPSA) is 65.5 Å². The molecule has 19 heavy (non-hydrogen) atoms. The van der Waals surface area contributed by atoms with E-state index in [4.69, 9.17) is 9.47 Å². The molecule has 0 saturated carbocycles. The van der Waals surface area contributed by atoms with Gasteiger partial charge in [0.05, 0.1) is 6.61 Å². The summed E-state index contributed by atoms with van der Waals surface area (Å²) in [4.78, 5) is 27.9. The van der Waals surface area contributed by atoms with Crippen LogP contribution in [0.3, 0.4) is 0 Å². The Labute approximate surface area is 116 Å². The molecule has 0 fully saturated rings. The van der Waals surface area contributed by atoms with E-state index in [-0.39, 0.29) is 24.2 Å². The van der Waals surface area contributed by atoms with Gasteiger partial charge >= 0.3 is 5.97 Å². The van der Waals surface area contributed by atoms with Gasteiger partial charge in [0.15, 0.2) is 11.5 Å². The molecule has 0 aliphatic heterocycles. The highest BCUT2D eigenvalue weighted by Crippen LogP contribution is 2.29. The molecule has 0 amide bonds. The van der Waals surface area contributed by atoms with Crippen LogP contribution in [0.2, 0.25) is 0 Å². The predicted molar refractivity (Wildman–Crippen MR) is 72.7 cm³/mol. The predicted octanol–water partition coefficient (Wildman–Crippen LogP) is 3.01. The molecule has 0 N–H and O–H groups in total. The number of rotatable bonds is 7. The van der Waals surface area contributed by atoms with Gasteiger partial charge in [0.1, 0.15) is 16.0 Å². The number of ketones is 1. The van der Waals surface area contributed by atoms with Gasteiger partial charge in [-0.15, -0.1) is 11.3 Å².